The van der Waals surface area contributed by atoms with E-state index in [0.717, 1.165) is 12.2 Å². The molecule has 0 radical (unpaired) electrons. The van der Waals surface area contributed by atoms with Crippen LogP contribution in [-0.2, 0) is 19.1 Å². The van der Waals surface area contributed by atoms with Gasteiger partial charge in [-0.1, -0.05) is 18.2 Å². The normalized spacial score (nSPS) is 25.4. The molecule has 1 heterocycles. The van der Waals surface area contributed by atoms with Crippen molar-refractivity contribution in [2.75, 3.05) is 20.8 Å². The molecule has 5 atom stereocenters. The molecule has 1 fully saturated rings. The maximum atomic E-state index is 13.3. The molecule has 1 saturated heterocycles. The number of carbonyl (C=O) groups excluding carboxylic acids is 2. The van der Waals surface area contributed by atoms with E-state index < -0.39 is 48.6 Å². The molecule has 1 aliphatic heterocycles. The quantitative estimate of drug-likeness (QED) is 0.189. The van der Waals surface area contributed by atoms with E-state index in [9.17, 15) is 40.2 Å². The molecular weight excluding hydrogens is 504 g/mol. The number of methoxy groups -OCH3 is 2. The molecule has 6 N–H and O–H groups in total. The molecule has 12 heteroatoms. The van der Waals surface area contributed by atoms with Gasteiger partial charge in [0, 0.05) is 6.08 Å². The lowest BCUT2D eigenvalue weighted by Crippen LogP contribution is -2.69. The van der Waals surface area contributed by atoms with Crippen LogP contribution in [-0.4, -0.2) is 93.4 Å². The monoisotopic (exact) mass is 532 g/mol. The molecule has 0 amide bonds. The van der Waals surface area contributed by atoms with Crippen LogP contribution in [0, 0.1) is 0 Å². The minimum atomic E-state index is -2.84. The molecule has 0 aromatic heterocycles. The Balaban J connectivity index is 1.93. The molecule has 0 bridgehead atoms. The van der Waals surface area contributed by atoms with E-state index in [0.29, 0.717) is 11.1 Å². The average molecular weight is 532 g/mol. The van der Waals surface area contributed by atoms with E-state index in [2.05, 4.69) is 0 Å². The summed E-state index contributed by atoms with van der Waals surface area (Å²) in [7, 11) is 2.67. The number of phenolic OH excluding ortho intramolecular Hbond substituents is 2. The molecule has 204 valence electrons. The van der Waals surface area contributed by atoms with Gasteiger partial charge in [0.1, 0.15) is 18.3 Å². The standard InChI is InChI=1S/C26H28O12/c1-35-18-11-14(3-7-16(18)28)5-9-21(30)26(25(34)24(33)23(32)20(13-27)37-26)38-22(31)10-6-15-4-8-17(29)19(12-15)36-2/h3-12,20,23-25,27-29,32-34H,13H2,1-2H3/b9-5+,10-6+/t20-,23-,24+,25-,26+/m1/s1. The number of esters is 1. The molecular formula is C26H28O12. The van der Waals surface area contributed by atoms with Gasteiger partial charge in [-0.3, -0.25) is 4.79 Å². The molecule has 2 aromatic rings. The van der Waals surface area contributed by atoms with E-state index in [1.54, 1.807) is 0 Å². The Hall–Kier alpha value is -3.94. The number of hydrogen-bond acceptors (Lipinski definition) is 12. The van der Waals surface area contributed by atoms with Crippen LogP contribution >= 0.6 is 0 Å². The van der Waals surface area contributed by atoms with Crippen LogP contribution in [0.2, 0.25) is 0 Å². The Morgan fingerprint density at radius 3 is 1.92 bits per heavy atom. The van der Waals surface area contributed by atoms with Crippen LogP contribution in [0.15, 0.2) is 48.6 Å². The van der Waals surface area contributed by atoms with Crippen molar-refractivity contribution in [3.63, 3.8) is 0 Å². The van der Waals surface area contributed by atoms with E-state index in [4.69, 9.17) is 18.9 Å². The predicted molar refractivity (Wildman–Crippen MR) is 131 cm³/mol. The van der Waals surface area contributed by atoms with Gasteiger partial charge in [0.25, 0.3) is 0 Å². The van der Waals surface area contributed by atoms with Crippen LogP contribution < -0.4 is 9.47 Å². The van der Waals surface area contributed by atoms with Crippen molar-refractivity contribution in [1.29, 1.82) is 0 Å². The Labute approximate surface area is 217 Å². The van der Waals surface area contributed by atoms with E-state index >= 15 is 0 Å². The summed E-state index contributed by atoms with van der Waals surface area (Å²) in [5.74, 6) is -5.16. The van der Waals surface area contributed by atoms with Crippen molar-refractivity contribution in [2.45, 2.75) is 30.2 Å². The second-order valence-corrected chi connectivity index (χ2v) is 8.25. The van der Waals surface area contributed by atoms with Gasteiger partial charge < -0.3 is 49.6 Å². The largest absolute Gasteiger partial charge is 0.504 e. The highest BCUT2D eigenvalue weighted by Gasteiger charge is 2.60. The topological polar surface area (TPSA) is 192 Å². The highest BCUT2D eigenvalue weighted by atomic mass is 16.7. The Kier molecular flexibility index (Phi) is 9.09. The van der Waals surface area contributed by atoms with Crippen LogP contribution in [0.1, 0.15) is 11.1 Å². The first-order chi connectivity index (χ1) is 18.1. The van der Waals surface area contributed by atoms with Crippen molar-refractivity contribution >= 4 is 23.9 Å². The lowest BCUT2D eigenvalue weighted by atomic mass is 9.89. The van der Waals surface area contributed by atoms with Crippen molar-refractivity contribution in [3.05, 3.63) is 59.7 Å². The number of aromatic hydroxyl groups is 2. The van der Waals surface area contributed by atoms with Crippen molar-refractivity contribution in [1.82, 2.24) is 0 Å². The number of aliphatic hydroxyl groups is 4. The zero-order chi connectivity index (χ0) is 28.0. The molecule has 3 rings (SSSR count). The zero-order valence-electron chi connectivity index (χ0n) is 20.4. The van der Waals surface area contributed by atoms with Gasteiger partial charge in [-0.25, -0.2) is 4.79 Å². The second-order valence-electron chi connectivity index (χ2n) is 8.25. The molecule has 0 aliphatic carbocycles. The van der Waals surface area contributed by atoms with E-state index in [1.165, 1.54) is 62.8 Å². The van der Waals surface area contributed by atoms with Crippen LogP contribution in [0.3, 0.4) is 0 Å². The fraction of sp³-hybridized carbons (Fsp3) is 0.308. The zero-order valence-corrected chi connectivity index (χ0v) is 20.4. The number of rotatable bonds is 9. The van der Waals surface area contributed by atoms with E-state index in [-0.39, 0.29) is 23.0 Å². The first-order valence-corrected chi connectivity index (χ1v) is 11.3. The summed E-state index contributed by atoms with van der Waals surface area (Å²) in [6.07, 6.45) is -3.32. The molecule has 0 unspecified atom stereocenters. The summed E-state index contributed by atoms with van der Waals surface area (Å²) < 4.78 is 20.7. The van der Waals surface area contributed by atoms with Gasteiger partial charge in [-0.15, -0.1) is 0 Å². The van der Waals surface area contributed by atoms with E-state index in [1.807, 2.05) is 0 Å². The number of ether oxygens (including phenoxy) is 4. The highest BCUT2D eigenvalue weighted by Crippen LogP contribution is 2.34. The third kappa shape index (κ3) is 5.96. The number of carbonyl (C=O) groups is 2. The third-order valence-electron chi connectivity index (χ3n) is 5.79. The first kappa shape index (κ1) is 28.6. The summed E-state index contributed by atoms with van der Waals surface area (Å²) in [4.78, 5) is 26.0. The summed E-state index contributed by atoms with van der Waals surface area (Å²) in [5.41, 5.74) is 0.784. The summed E-state index contributed by atoms with van der Waals surface area (Å²) in [6, 6.07) is 8.38. The molecule has 38 heavy (non-hydrogen) atoms. The van der Waals surface area contributed by atoms with Crippen molar-refractivity contribution < 1.29 is 59.2 Å². The lowest BCUT2D eigenvalue weighted by Gasteiger charge is -2.45. The molecule has 0 spiro atoms. The van der Waals surface area contributed by atoms with Crippen molar-refractivity contribution in [3.8, 4) is 23.0 Å². The average Bonchev–Trinajstić information content (AvgIpc) is 2.92. The lowest BCUT2D eigenvalue weighted by molar-refractivity contribution is -0.331. The molecule has 1 aliphatic rings. The Bertz CT molecular complexity index is 1220. The minimum Gasteiger partial charge on any atom is -0.504 e. The fourth-order valence-electron chi connectivity index (χ4n) is 3.71. The molecule has 12 nitrogen and oxygen atoms in total. The number of phenols is 2. The number of aliphatic hydroxyl groups excluding tert-OH is 4. The van der Waals surface area contributed by atoms with Crippen LogP contribution in [0.4, 0.5) is 0 Å². The second kappa shape index (κ2) is 12.1. The van der Waals surface area contributed by atoms with Gasteiger partial charge in [0.2, 0.25) is 5.78 Å². The van der Waals surface area contributed by atoms with Gasteiger partial charge in [-0.05, 0) is 47.5 Å². The fourth-order valence-corrected chi connectivity index (χ4v) is 3.71. The number of ketones is 1. The smallest absolute Gasteiger partial charge is 0.333 e. The maximum Gasteiger partial charge on any atom is 0.333 e. The number of hydrogen-bond donors (Lipinski definition) is 6. The predicted octanol–water partition coefficient (Wildman–Crippen LogP) is 0.124. The minimum absolute atomic E-state index is 0.115. The maximum absolute atomic E-state index is 13.3. The Morgan fingerprint density at radius 2 is 1.42 bits per heavy atom. The molecule has 0 saturated carbocycles. The van der Waals surface area contributed by atoms with Crippen LogP contribution in [0.5, 0.6) is 23.0 Å². The van der Waals surface area contributed by atoms with Crippen LogP contribution in [0.25, 0.3) is 12.2 Å². The van der Waals surface area contributed by atoms with Gasteiger partial charge in [-0.2, -0.15) is 0 Å². The van der Waals surface area contributed by atoms with Crippen molar-refractivity contribution in [2.24, 2.45) is 0 Å². The van der Waals surface area contributed by atoms with Gasteiger partial charge >= 0.3 is 11.8 Å². The SMILES string of the molecule is COc1cc(/C=C/C(=O)O[C@]2(C(=O)/C=C/c3ccc(O)c(OC)c3)O[C@H](CO)[C@@H](O)[C@H](O)[C@H]2O)ccc1O. The summed E-state index contributed by atoms with van der Waals surface area (Å²) >= 11 is 0. The molecule has 2 aromatic carbocycles. The first-order valence-electron chi connectivity index (χ1n) is 11.3. The highest BCUT2D eigenvalue weighted by molar-refractivity contribution is 6.02. The third-order valence-corrected chi connectivity index (χ3v) is 5.79. The number of benzene rings is 2. The summed E-state index contributed by atoms with van der Waals surface area (Å²) in [5, 5.41) is 60.3. The van der Waals surface area contributed by atoms with Gasteiger partial charge in [0.05, 0.1) is 20.8 Å². The summed E-state index contributed by atoms with van der Waals surface area (Å²) in [6.45, 7) is -0.875. The Morgan fingerprint density at radius 1 is 0.895 bits per heavy atom. The van der Waals surface area contributed by atoms with Gasteiger partial charge in [0.15, 0.2) is 29.1 Å².